The molecule has 0 spiro atoms. The maximum absolute atomic E-state index is 13.0. The molecular weight excluding hydrogens is 420 g/mol. The fourth-order valence-corrected chi connectivity index (χ4v) is 3.67. The van der Waals surface area contributed by atoms with Crippen molar-refractivity contribution < 1.29 is 24.6 Å². The second-order valence-electron chi connectivity index (χ2n) is 7.80. The Hall–Kier alpha value is -4.13. The van der Waals surface area contributed by atoms with E-state index in [0.29, 0.717) is 5.69 Å². The predicted octanol–water partition coefficient (Wildman–Crippen LogP) is 3.68. The molecule has 0 aromatic heterocycles. The molecule has 2 atom stereocenters. The van der Waals surface area contributed by atoms with Crippen LogP contribution in [0.15, 0.2) is 78.9 Å². The quantitative estimate of drug-likeness (QED) is 0.400. The van der Waals surface area contributed by atoms with E-state index < -0.39 is 17.9 Å². The maximum atomic E-state index is 13.0. The van der Waals surface area contributed by atoms with Gasteiger partial charge < -0.3 is 20.8 Å². The highest BCUT2D eigenvalue weighted by Gasteiger charge is 2.22. The number of rotatable bonds is 9. The molecule has 0 bridgehead atoms. The number of phenolic OH excluding ortho intramolecular Hbond substituents is 1. The van der Waals surface area contributed by atoms with E-state index in [1.807, 2.05) is 36.4 Å². The molecule has 3 aromatic carbocycles. The summed E-state index contributed by atoms with van der Waals surface area (Å²) in [6, 6.07) is 22.0. The second kappa shape index (κ2) is 10.9. The molecule has 0 saturated carbocycles. The lowest BCUT2D eigenvalue weighted by molar-refractivity contribution is -0.137. The topological polar surface area (TPSA) is 116 Å². The van der Waals surface area contributed by atoms with Gasteiger partial charge in [0, 0.05) is 24.9 Å². The predicted molar refractivity (Wildman–Crippen MR) is 125 cm³/mol. The third-order valence-corrected chi connectivity index (χ3v) is 5.21. The SMILES string of the molecule is CC(=O)N[C@@H](Cc1ccc(O)cc1)C(=O)Nc1cccc([C@@H](CC(=O)O)c2ccccc2)c1. The lowest BCUT2D eigenvalue weighted by Gasteiger charge is -2.20. The molecule has 7 heteroatoms. The smallest absolute Gasteiger partial charge is 0.304 e. The van der Waals surface area contributed by atoms with E-state index in [2.05, 4.69) is 10.6 Å². The number of benzene rings is 3. The number of hydrogen-bond acceptors (Lipinski definition) is 4. The van der Waals surface area contributed by atoms with Crippen molar-refractivity contribution in [1.82, 2.24) is 5.32 Å². The van der Waals surface area contributed by atoms with Crippen LogP contribution in [0.1, 0.15) is 36.0 Å². The molecule has 7 nitrogen and oxygen atoms in total. The van der Waals surface area contributed by atoms with Crippen LogP contribution in [-0.2, 0) is 20.8 Å². The molecule has 0 aliphatic rings. The number of anilines is 1. The summed E-state index contributed by atoms with van der Waals surface area (Å²) >= 11 is 0. The molecule has 0 unspecified atom stereocenters. The first-order valence-corrected chi connectivity index (χ1v) is 10.5. The van der Waals surface area contributed by atoms with Crippen LogP contribution in [0.5, 0.6) is 5.75 Å². The summed E-state index contributed by atoms with van der Waals surface area (Å²) in [6.07, 6.45) is 0.161. The fraction of sp³-hybridized carbons (Fsp3) is 0.192. The highest BCUT2D eigenvalue weighted by molar-refractivity contribution is 5.97. The van der Waals surface area contributed by atoms with Gasteiger partial charge in [-0.2, -0.15) is 0 Å². The first kappa shape index (κ1) is 23.5. The summed E-state index contributed by atoms with van der Waals surface area (Å²) in [6.45, 7) is 1.34. The van der Waals surface area contributed by atoms with E-state index in [4.69, 9.17) is 0 Å². The molecule has 0 aliphatic heterocycles. The maximum Gasteiger partial charge on any atom is 0.304 e. The Morgan fingerprint density at radius 1 is 0.879 bits per heavy atom. The summed E-state index contributed by atoms with van der Waals surface area (Å²) < 4.78 is 0. The first-order chi connectivity index (χ1) is 15.8. The Balaban J connectivity index is 1.81. The molecule has 170 valence electrons. The molecule has 0 fully saturated rings. The minimum Gasteiger partial charge on any atom is -0.508 e. The van der Waals surface area contributed by atoms with Crippen molar-refractivity contribution in [3.63, 3.8) is 0 Å². The van der Waals surface area contributed by atoms with Crippen LogP contribution in [0.2, 0.25) is 0 Å². The van der Waals surface area contributed by atoms with E-state index in [1.54, 1.807) is 30.3 Å². The Morgan fingerprint density at radius 3 is 2.18 bits per heavy atom. The minimum atomic E-state index is -0.919. The summed E-state index contributed by atoms with van der Waals surface area (Å²) in [4.78, 5) is 36.1. The van der Waals surface area contributed by atoms with Crippen molar-refractivity contribution in [1.29, 1.82) is 0 Å². The number of carbonyl (C=O) groups is 3. The third-order valence-electron chi connectivity index (χ3n) is 5.21. The average molecular weight is 447 g/mol. The minimum absolute atomic E-state index is 0.0865. The Bertz CT molecular complexity index is 1110. The molecular formula is C26H26N2O5. The van der Waals surface area contributed by atoms with Crippen molar-refractivity contribution in [2.24, 2.45) is 0 Å². The molecule has 0 saturated heterocycles. The normalized spacial score (nSPS) is 12.4. The van der Waals surface area contributed by atoms with E-state index >= 15 is 0 Å². The molecule has 0 aliphatic carbocycles. The van der Waals surface area contributed by atoms with Crippen molar-refractivity contribution in [3.05, 3.63) is 95.6 Å². The van der Waals surface area contributed by atoms with E-state index in [1.165, 1.54) is 19.1 Å². The second-order valence-corrected chi connectivity index (χ2v) is 7.80. The van der Waals surface area contributed by atoms with Gasteiger partial charge in [-0.3, -0.25) is 14.4 Å². The van der Waals surface area contributed by atoms with Gasteiger partial charge in [-0.15, -0.1) is 0 Å². The average Bonchev–Trinajstić information content (AvgIpc) is 2.79. The van der Waals surface area contributed by atoms with E-state index in [-0.39, 0.29) is 30.4 Å². The monoisotopic (exact) mass is 446 g/mol. The molecule has 4 N–H and O–H groups in total. The largest absolute Gasteiger partial charge is 0.508 e. The zero-order valence-corrected chi connectivity index (χ0v) is 18.2. The van der Waals surface area contributed by atoms with Crippen LogP contribution in [0.25, 0.3) is 0 Å². The number of nitrogens with one attached hydrogen (secondary N) is 2. The third kappa shape index (κ3) is 6.93. The number of carboxylic acid groups (broad SMARTS) is 1. The van der Waals surface area contributed by atoms with Crippen molar-refractivity contribution >= 4 is 23.5 Å². The van der Waals surface area contributed by atoms with Gasteiger partial charge in [-0.25, -0.2) is 0 Å². The van der Waals surface area contributed by atoms with Crippen molar-refractivity contribution in [2.45, 2.75) is 31.7 Å². The zero-order chi connectivity index (χ0) is 23.8. The summed E-state index contributed by atoms with van der Waals surface area (Å²) in [5, 5.41) is 24.4. The lowest BCUT2D eigenvalue weighted by atomic mass is 9.88. The number of carbonyl (C=O) groups excluding carboxylic acids is 2. The van der Waals surface area contributed by atoms with E-state index in [9.17, 15) is 24.6 Å². The molecule has 2 amide bonds. The van der Waals surface area contributed by atoms with Crippen LogP contribution in [0.3, 0.4) is 0 Å². The van der Waals surface area contributed by atoms with Gasteiger partial charge in [-0.05, 0) is 41.0 Å². The number of amides is 2. The number of hydrogen-bond donors (Lipinski definition) is 4. The summed E-state index contributed by atoms with van der Waals surface area (Å²) in [5.41, 5.74) is 2.91. The van der Waals surface area contributed by atoms with Gasteiger partial charge in [0.2, 0.25) is 11.8 Å². The number of phenols is 1. The van der Waals surface area contributed by atoms with Gasteiger partial charge in [-0.1, -0.05) is 54.6 Å². The van der Waals surface area contributed by atoms with Gasteiger partial charge in [0.1, 0.15) is 11.8 Å². The number of aliphatic carboxylic acids is 1. The number of aromatic hydroxyl groups is 1. The summed E-state index contributed by atoms with van der Waals surface area (Å²) in [5.74, 6) is -1.91. The van der Waals surface area contributed by atoms with Crippen LogP contribution in [0, 0.1) is 0 Å². The van der Waals surface area contributed by atoms with Crippen LogP contribution in [0.4, 0.5) is 5.69 Å². The van der Waals surface area contributed by atoms with Gasteiger partial charge >= 0.3 is 5.97 Å². The summed E-state index contributed by atoms with van der Waals surface area (Å²) in [7, 11) is 0. The fourth-order valence-electron chi connectivity index (χ4n) is 3.67. The number of carboxylic acids is 1. The highest BCUT2D eigenvalue weighted by atomic mass is 16.4. The van der Waals surface area contributed by atoms with Crippen molar-refractivity contribution in [2.75, 3.05) is 5.32 Å². The molecule has 3 rings (SSSR count). The van der Waals surface area contributed by atoms with Crippen molar-refractivity contribution in [3.8, 4) is 5.75 Å². The molecule has 3 aromatic rings. The van der Waals surface area contributed by atoms with Gasteiger partial charge in [0.05, 0.1) is 6.42 Å². The molecule has 0 heterocycles. The van der Waals surface area contributed by atoms with E-state index in [0.717, 1.165) is 16.7 Å². The Morgan fingerprint density at radius 2 is 1.55 bits per heavy atom. The van der Waals surface area contributed by atoms with Crippen LogP contribution >= 0.6 is 0 Å². The van der Waals surface area contributed by atoms with Gasteiger partial charge in [0.15, 0.2) is 0 Å². The Labute approximate surface area is 192 Å². The highest BCUT2D eigenvalue weighted by Crippen LogP contribution is 2.29. The standard InChI is InChI=1S/C26H26N2O5/c1-17(29)27-24(14-18-10-12-22(30)13-11-18)26(33)28-21-9-5-8-20(15-21)23(16-25(31)32)19-6-3-2-4-7-19/h2-13,15,23-24,30H,14,16H2,1H3,(H,27,29)(H,28,33)(H,31,32)/t23-,24-/m0/s1. The van der Waals surface area contributed by atoms with Crippen LogP contribution in [-0.4, -0.2) is 34.0 Å². The van der Waals surface area contributed by atoms with Crippen LogP contribution < -0.4 is 10.6 Å². The molecule has 33 heavy (non-hydrogen) atoms. The first-order valence-electron chi connectivity index (χ1n) is 10.5. The lowest BCUT2D eigenvalue weighted by Crippen LogP contribution is -2.44. The Kier molecular flexibility index (Phi) is 7.81. The zero-order valence-electron chi connectivity index (χ0n) is 18.2. The molecule has 0 radical (unpaired) electrons. The van der Waals surface area contributed by atoms with Gasteiger partial charge in [0.25, 0.3) is 0 Å².